The SMILES string of the molecule is COC(=O)C(CCc1ccccc1)Nc1ccc(C)cc1. The van der Waals surface area contributed by atoms with Crippen molar-refractivity contribution in [2.24, 2.45) is 0 Å². The fraction of sp³-hybridized carbons (Fsp3) is 0.278. The highest BCUT2D eigenvalue weighted by molar-refractivity contribution is 5.79. The second kappa shape index (κ2) is 7.48. The van der Waals surface area contributed by atoms with Crippen LogP contribution in [0.25, 0.3) is 0 Å². The molecule has 2 aromatic rings. The van der Waals surface area contributed by atoms with Crippen molar-refractivity contribution in [3.8, 4) is 0 Å². The van der Waals surface area contributed by atoms with Gasteiger partial charge in [0.05, 0.1) is 7.11 Å². The third-order valence-electron chi connectivity index (χ3n) is 3.44. The lowest BCUT2D eigenvalue weighted by molar-refractivity contribution is -0.141. The molecule has 2 aromatic carbocycles. The van der Waals surface area contributed by atoms with E-state index in [2.05, 4.69) is 17.4 Å². The zero-order valence-corrected chi connectivity index (χ0v) is 12.5. The third kappa shape index (κ3) is 4.63. The number of rotatable bonds is 6. The van der Waals surface area contributed by atoms with E-state index in [0.29, 0.717) is 6.42 Å². The normalized spacial score (nSPS) is 11.7. The number of nitrogens with one attached hydrogen (secondary N) is 1. The molecule has 0 aliphatic rings. The number of ether oxygens (including phenoxy) is 1. The quantitative estimate of drug-likeness (QED) is 0.823. The van der Waals surface area contributed by atoms with Crippen LogP contribution in [0.4, 0.5) is 5.69 Å². The molecule has 1 unspecified atom stereocenters. The summed E-state index contributed by atoms with van der Waals surface area (Å²) in [4.78, 5) is 11.9. The van der Waals surface area contributed by atoms with Crippen LogP contribution in [0, 0.1) is 6.92 Å². The van der Waals surface area contributed by atoms with E-state index in [4.69, 9.17) is 4.74 Å². The lowest BCUT2D eigenvalue weighted by Crippen LogP contribution is -2.31. The minimum atomic E-state index is -0.335. The van der Waals surface area contributed by atoms with Gasteiger partial charge >= 0.3 is 5.97 Å². The molecule has 0 saturated carbocycles. The smallest absolute Gasteiger partial charge is 0.328 e. The molecule has 1 atom stereocenters. The number of benzene rings is 2. The zero-order chi connectivity index (χ0) is 15.1. The van der Waals surface area contributed by atoms with Crippen LogP contribution in [-0.4, -0.2) is 19.1 Å². The molecule has 0 bridgehead atoms. The molecule has 0 fully saturated rings. The van der Waals surface area contributed by atoms with E-state index in [1.165, 1.54) is 18.2 Å². The van der Waals surface area contributed by atoms with Gasteiger partial charge in [-0.15, -0.1) is 0 Å². The first-order valence-corrected chi connectivity index (χ1v) is 7.14. The number of carbonyl (C=O) groups is 1. The first kappa shape index (κ1) is 15.1. The minimum Gasteiger partial charge on any atom is -0.467 e. The average Bonchev–Trinajstić information content (AvgIpc) is 2.53. The molecule has 0 spiro atoms. The van der Waals surface area contributed by atoms with Crippen molar-refractivity contribution in [3.05, 3.63) is 65.7 Å². The van der Waals surface area contributed by atoms with Gasteiger partial charge in [-0.25, -0.2) is 4.79 Å². The molecule has 0 aliphatic carbocycles. The third-order valence-corrected chi connectivity index (χ3v) is 3.44. The van der Waals surface area contributed by atoms with Crippen LogP contribution in [0.1, 0.15) is 17.5 Å². The Morgan fingerprint density at radius 1 is 1.10 bits per heavy atom. The maximum atomic E-state index is 11.9. The molecule has 0 heterocycles. The summed E-state index contributed by atoms with van der Waals surface area (Å²) in [6.07, 6.45) is 1.53. The first-order valence-electron chi connectivity index (χ1n) is 7.14. The number of esters is 1. The van der Waals surface area contributed by atoms with E-state index in [1.807, 2.05) is 49.4 Å². The fourth-order valence-electron chi connectivity index (χ4n) is 2.20. The highest BCUT2D eigenvalue weighted by Crippen LogP contribution is 2.14. The highest BCUT2D eigenvalue weighted by atomic mass is 16.5. The van der Waals surface area contributed by atoms with Gasteiger partial charge in [-0.2, -0.15) is 0 Å². The topological polar surface area (TPSA) is 38.3 Å². The Morgan fingerprint density at radius 3 is 2.38 bits per heavy atom. The van der Waals surface area contributed by atoms with E-state index in [9.17, 15) is 4.79 Å². The van der Waals surface area contributed by atoms with Gasteiger partial charge in [0, 0.05) is 5.69 Å². The molecule has 2 rings (SSSR count). The molecule has 21 heavy (non-hydrogen) atoms. The van der Waals surface area contributed by atoms with E-state index < -0.39 is 0 Å². The standard InChI is InChI=1S/C18H21NO2/c1-14-8-11-16(12-9-14)19-17(18(20)21-2)13-10-15-6-4-3-5-7-15/h3-9,11-12,17,19H,10,13H2,1-2H3. The lowest BCUT2D eigenvalue weighted by Gasteiger charge is -2.18. The van der Waals surface area contributed by atoms with Crippen molar-refractivity contribution in [2.45, 2.75) is 25.8 Å². The minimum absolute atomic E-state index is 0.230. The highest BCUT2D eigenvalue weighted by Gasteiger charge is 2.18. The number of aryl methyl sites for hydroxylation is 2. The lowest BCUT2D eigenvalue weighted by atomic mass is 10.0. The van der Waals surface area contributed by atoms with Gasteiger partial charge in [0.25, 0.3) is 0 Å². The molecular weight excluding hydrogens is 262 g/mol. The Morgan fingerprint density at radius 2 is 1.76 bits per heavy atom. The summed E-state index contributed by atoms with van der Waals surface area (Å²) in [6, 6.07) is 17.8. The Kier molecular flexibility index (Phi) is 5.38. The second-order valence-corrected chi connectivity index (χ2v) is 5.11. The molecule has 3 heteroatoms. The predicted molar refractivity (Wildman–Crippen MR) is 85.4 cm³/mol. The predicted octanol–water partition coefficient (Wildman–Crippen LogP) is 3.58. The van der Waals surface area contributed by atoms with E-state index in [0.717, 1.165) is 12.1 Å². The van der Waals surface area contributed by atoms with Gasteiger partial charge in [0.2, 0.25) is 0 Å². The van der Waals surface area contributed by atoms with Crippen LogP contribution in [-0.2, 0) is 16.0 Å². The molecule has 0 radical (unpaired) electrons. The van der Waals surface area contributed by atoms with Crippen molar-refractivity contribution in [1.29, 1.82) is 0 Å². The molecule has 110 valence electrons. The molecular formula is C18H21NO2. The van der Waals surface area contributed by atoms with Crippen LogP contribution in [0.15, 0.2) is 54.6 Å². The van der Waals surface area contributed by atoms with Gasteiger partial charge in [0.15, 0.2) is 0 Å². The number of hydrogen-bond donors (Lipinski definition) is 1. The Hall–Kier alpha value is -2.29. The Bertz CT molecular complexity index is 564. The van der Waals surface area contributed by atoms with Crippen LogP contribution >= 0.6 is 0 Å². The molecule has 1 N–H and O–H groups in total. The summed E-state index contributed by atoms with van der Waals surface area (Å²) in [5, 5.41) is 3.25. The van der Waals surface area contributed by atoms with E-state index in [-0.39, 0.29) is 12.0 Å². The van der Waals surface area contributed by atoms with Gasteiger partial charge in [-0.3, -0.25) is 0 Å². The largest absolute Gasteiger partial charge is 0.467 e. The molecule has 3 nitrogen and oxygen atoms in total. The number of anilines is 1. The summed E-state index contributed by atoms with van der Waals surface area (Å²) in [6.45, 7) is 2.04. The summed E-state index contributed by atoms with van der Waals surface area (Å²) >= 11 is 0. The number of carbonyl (C=O) groups excluding carboxylic acids is 1. The maximum absolute atomic E-state index is 11.9. The number of methoxy groups -OCH3 is 1. The summed E-state index contributed by atoms with van der Waals surface area (Å²) in [5.41, 5.74) is 3.35. The fourth-order valence-corrected chi connectivity index (χ4v) is 2.20. The molecule has 0 amide bonds. The maximum Gasteiger partial charge on any atom is 0.328 e. The molecule has 0 aliphatic heterocycles. The second-order valence-electron chi connectivity index (χ2n) is 5.11. The van der Waals surface area contributed by atoms with Gasteiger partial charge in [-0.1, -0.05) is 48.0 Å². The van der Waals surface area contributed by atoms with Gasteiger partial charge < -0.3 is 10.1 Å². The summed E-state index contributed by atoms with van der Waals surface area (Å²) in [7, 11) is 1.43. The average molecular weight is 283 g/mol. The Labute approximate surface area is 126 Å². The molecule has 0 saturated heterocycles. The van der Waals surface area contributed by atoms with Crippen molar-refractivity contribution >= 4 is 11.7 Å². The van der Waals surface area contributed by atoms with Gasteiger partial charge in [0.1, 0.15) is 6.04 Å². The van der Waals surface area contributed by atoms with Crippen molar-refractivity contribution < 1.29 is 9.53 Å². The number of hydrogen-bond acceptors (Lipinski definition) is 3. The van der Waals surface area contributed by atoms with Gasteiger partial charge in [-0.05, 0) is 37.5 Å². The monoisotopic (exact) mass is 283 g/mol. The Balaban J connectivity index is 2.01. The van der Waals surface area contributed by atoms with Crippen LogP contribution < -0.4 is 5.32 Å². The van der Waals surface area contributed by atoms with E-state index >= 15 is 0 Å². The van der Waals surface area contributed by atoms with E-state index in [1.54, 1.807) is 0 Å². The zero-order valence-electron chi connectivity index (χ0n) is 12.5. The summed E-state index contributed by atoms with van der Waals surface area (Å²) < 4.78 is 4.90. The summed E-state index contributed by atoms with van der Waals surface area (Å²) in [5.74, 6) is -0.230. The molecule has 0 aromatic heterocycles. The van der Waals surface area contributed by atoms with Crippen LogP contribution in [0.2, 0.25) is 0 Å². The van der Waals surface area contributed by atoms with Crippen LogP contribution in [0.5, 0.6) is 0 Å². The van der Waals surface area contributed by atoms with Crippen molar-refractivity contribution in [2.75, 3.05) is 12.4 Å². The first-order chi connectivity index (χ1) is 10.2. The van der Waals surface area contributed by atoms with Crippen molar-refractivity contribution in [1.82, 2.24) is 0 Å². The van der Waals surface area contributed by atoms with Crippen LogP contribution in [0.3, 0.4) is 0 Å². The van der Waals surface area contributed by atoms with Crippen molar-refractivity contribution in [3.63, 3.8) is 0 Å².